The Balaban J connectivity index is 2.84. The van der Waals surface area contributed by atoms with Crippen molar-refractivity contribution in [3.05, 3.63) is 23.8 Å². The number of methoxy groups -OCH3 is 2. The van der Waals surface area contributed by atoms with E-state index in [0.717, 1.165) is 11.3 Å². The predicted molar refractivity (Wildman–Crippen MR) is 68.1 cm³/mol. The number of halogens is 1. The monoisotopic (exact) mass is 256 g/mol. The lowest BCUT2D eigenvalue weighted by Crippen LogP contribution is -1.99. The molecule has 1 atom stereocenters. The van der Waals surface area contributed by atoms with E-state index in [9.17, 15) is 4.79 Å². The fourth-order valence-corrected chi connectivity index (χ4v) is 1.85. The Kier molecular flexibility index (Phi) is 5.29. The second-order valence-corrected chi connectivity index (χ2v) is 4.34. The molecule has 0 N–H and O–H groups in total. The summed E-state index contributed by atoms with van der Waals surface area (Å²) in [6, 6.07) is 5.49. The smallest absolute Gasteiger partial charge is 0.129 e. The van der Waals surface area contributed by atoms with Gasteiger partial charge in [0.15, 0.2) is 0 Å². The molecule has 94 valence electrons. The van der Waals surface area contributed by atoms with Crippen LogP contribution in [0.1, 0.15) is 30.7 Å². The van der Waals surface area contributed by atoms with Gasteiger partial charge in [-0.1, -0.05) is 6.07 Å². The maximum Gasteiger partial charge on any atom is 0.129 e. The summed E-state index contributed by atoms with van der Waals surface area (Å²) in [5.41, 5.74) is 0.885. The van der Waals surface area contributed by atoms with Crippen molar-refractivity contribution in [2.24, 2.45) is 0 Å². The van der Waals surface area contributed by atoms with Crippen molar-refractivity contribution in [1.82, 2.24) is 0 Å². The van der Waals surface area contributed by atoms with Crippen LogP contribution in [0.25, 0.3) is 0 Å². The van der Waals surface area contributed by atoms with Crippen molar-refractivity contribution in [3.63, 3.8) is 0 Å². The minimum absolute atomic E-state index is 0.142. The Morgan fingerprint density at radius 3 is 2.59 bits per heavy atom. The van der Waals surface area contributed by atoms with Crippen LogP contribution in [-0.2, 0) is 4.79 Å². The quantitative estimate of drug-likeness (QED) is 0.732. The molecule has 4 heteroatoms. The zero-order chi connectivity index (χ0) is 12.8. The third kappa shape index (κ3) is 3.93. The van der Waals surface area contributed by atoms with Crippen LogP contribution in [0.4, 0.5) is 0 Å². The molecule has 0 spiro atoms. The van der Waals surface area contributed by atoms with E-state index in [-0.39, 0.29) is 11.2 Å². The maximum absolute atomic E-state index is 10.9. The van der Waals surface area contributed by atoms with E-state index in [1.807, 2.05) is 12.1 Å². The molecule has 0 saturated heterocycles. The molecule has 0 fully saturated rings. The molecule has 0 amide bonds. The summed E-state index contributed by atoms with van der Waals surface area (Å²) < 4.78 is 10.4. The van der Waals surface area contributed by atoms with Gasteiger partial charge in [0.25, 0.3) is 0 Å². The van der Waals surface area contributed by atoms with E-state index in [0.29, 0.717) is 18.6 Å². The SMILES string of the molecule is COc1ccc(C(Cl)CCC(C)=O)c(OC)c1. The number of carbonyl (C=O) groups excluding carboxylic acids is 1. The van der Waals surface area contributed by atoms with E-state index in [4.69, 9.17) is 21.1 Å². The molecule has 0 aliphatic heterocycles. The van der Waals surface area contributed by atoms with E-state index in [1.165, 1.54) is 0 Å². The summed E-state index contributed by atoms with van der Waals surface area (Å²) in [5.74, 6) is 1.55. The van der Waals surface area contributed by atoms with Gasteiger partial charge in [-0.2, -0.15) is 0 Å². The third-order valence-electron chi connectivity index (χ3n) is 2.53. The summed E-state index contributed by atoms with van der Waals surface area (Å²) in [5, 5.41) is -0.222. The molecular weight excluding hydrogens is 240 g/mol. The number of ketones is 1. The minimum Gasteiger partial charge on any atom is -0.497 e. The largest absolute Gasteiger partial charge is 0.497 e. The Bertz CT molecular complexity index is 390. The van der Waals surface area contributed by atoms with E-state index >= 15 is 0 Å². The highest BCUT2D eigenvalue weighted by Crippen LogP contribution is 2.35. The highest BCUT2D eigenvalue weighted by molar-refractivity contribution is 6.21. The Morgan fingerprint density at radius 2 is 2.06 bits per heavy atom. The highest BCUT2D eigenvalue weighted by atomic mass is 35.5. The van der Waals surface area contributed by atoms with E-state index in [1.54, 1.807) is 27.2 Å². The first-order valence-electron chi connectivity index (χ1n) is 5.44. The van der Waals surface area contributed by atoms with Gasteiger partial charge in [0.1, 0.15) is 17.3 Å². The normalized spacial score (nSPS) is 12.0. The number of rotatable bonds is 6. The molecule has 1 unspecified atom stereocenters. The van der Waals surface area contributed by atoms with Crippen molar-refractivity contribution in [2.75, 3.05) is 14.2 Å². The molecule has 0 aliphatic carbocycles. The Hall–Kier alpha value is -1.22. The molecule has 1 aromatic carbocycles. The lowest BCUT2D eigenvalue weighted by atomic mass is 10.0. The lowest BCUT2D eigenvalue weighted by molar-refractivity contribution is -0.117. The van der Waals surface area contributed by atoms with Gasteiger partial charge in [-0.25, -0.2) is 0 Å². The molecule has 17 heavy (non-hydrogen) atoms. The van der Waals surface area contributed by atoms with Crippen molar-refractivity contribution in [1.29, 1.82) is 0 Å². The number of alkyl halides is 1. The summed E-state index contributed by atoms with van der Waals surface area (Å²) in [6.45, 7) is 1.56. The highest BCUT2D eigenvalue weighted by Gasteiger charge is 2.14. The van der Waals surface area contributed by atoms with Crippen molar-refractivity contribution < 1.29 is 14.3 Å². The zero-order valence-electron chi connectivity index (χ0n) is 10.3. The van der Waals surface area contributed by atoms with Crippen molar-refractivity contribution in [3.8, 4) is 11.5 Å². The molecule has 0 bridgehead atoms. The first-order valence-corrected chi connectivity index (χ1v) is 5.87. The third-order valence-corrected chi connectivity index (χ3v) is 2.98. The molecule has 0 aromatic heterocycles. The number of hydrogen-bond acceptors (Lipinski definition) is 3. The number of hydrogen-bond donors (Lipinski definition) is 0. The van der Waals surface area contributed by atoms with Gasteiger partial charge in [-0.3, -0.25) is 0 Å². The van der Waals surface area contributed by atoms with Crippen LogP contribution in [0.5, 0.6) is 11.5 Å². The van der Waals surface area contributed by atoms with Crippen LogP contribution in [0.3, 0.4) is 0 Å². The van der Waals surface area contributed by atoms with Gasteiger partial charge in [0.2, 0.25) is 0 Å². The lowest BCUT2D eigenvalue weighted by Gasteiger charge is -2.14. The van der Waals surface area contributed by atoms with Crippen molar-refractivity contribution in [2.45, 2.75) is 25.1 Å². The summed E-state index contributed by atoms with van der Waals surface area (Å²) >= 11 is 6.26. The number of carbonyl (C=O) groups is 1. The fourth-order valence-electron chi connectivity index (χ4n) is 1.56. The number of Topliss-reactive ketones (excluding diaryl/α,β-unsaturated/α-hetero) is 1. The molecule has 0 saturated carbocycles. The van der Waals surface area contributed by atoms with Crippen LogP contribution >= 0.6 is 11.6 Å². The second-order valence-electron chi connectivity index (χ2n) is 3.82. The molecule has 0 radical (unpaired) electrons. The average molecular weight is 257 g/mol. The Labute approximate surface area is 107 Å². The average Bonchev–Trinajstić information content (AvgIpc) is 2.34. The second kappa shape index (κ2) is 6.50. The summed E-state index contributed by atoms with van der Waals surface area (Å²) in [7, 11) is 3.19. The Morgan fingerprint density at radius 1 is 1.35 bits per heavy atom. The van der Waals surface area contributed by atoms with E-state index < -0.39 is 0 Å². The van der Waals surface area contributed by atoms with Crippen molar-refractivity contribution >= 4 is 17.4 Å². The van der Waals surface area contributed by atoms with Gasteiger partial charge >= 0.3 is 0 Å². The van der Waals surface area contributed by atoms with Crippen LogP contribution < -0.4 is 9.47 Å². The van der Waals surface area contributed by atoms with Gasteiger partial charge in [0, 0.05) is 18.1 Å². The summed E-state index contributed by atoms with van der Waals surface area (Å²) in [6.07, 6.45) is 1.09. The fraction of sp³-hybridized carbons (Fsp3) is 0.462. The van der Waals surface area contributed by atoms with Crippen LogP contribution in [0, 0.1) is 0 Å². The zero-order valence-corrected chi connectivity index (χ0v) is 11.1. The maximum atomic E-state index is 10.9. The molecule has 0 heterocycles. The first-order chi connectivity index (χ1) is 8.08. The standard InChI is InChI=1S/C13H17ClO3/c1-9(15)4-7-12(14)11-6-5-10(16-2)8-13(11)17-3/h5-6,8,12H,4,7H2,1-3H3. The predicted octanol–water partition coefficient (Wildman–Crippen LogP) is 3.35. The number of ether oxygens (including phenoxy) is 2. The minimum atomic E-state index is -0.222. The van der Waals surface area contributed by atoms with Crippen LogP contribution in [0.15, 0.2) is 18.2 Å². The van der Waals surface area contributed by atoms with Gasteiger partial charge in [0.05, 0.1) is 19.6 Å². The van der Waals surface area contributed by atoms with Crippen LogP contribution in [-0.4, -0.2) is 20.0 Å². The molecule has 1 aromatic rings. The van der Waals surface area contributed by atoms with Gasteiger partial charge in [-0.15, -0.1) is 11.6 Å². The topological polar surface area (TPSA) is 35.5 Å². The van der Waals surface area contributed by atoms with Crippen LogP contribution in [0.2, 0.25) is 0 Å². The first kappa shape index (κ1) is 13.8. The number of benzene rings is 1. The summed E-state index contributed by atoms with van der Waals surface area (Å²) in [4.78, 5) is 10.9. The molecule has 3 nitrogen and oxygen atoms in total. The molecule has 0 aliphatic rings. The van der Waals surface area contributed by atoms with Gasteiger partial charge in [-0.05, 0) is 19.4 Å². The molecular formula is C13H17ClO3. The van der Waals surface area contributed by atoms with E-state index in [2.05, 4.69) is 0 Å². The molecule has 1 rings (SSSR count). The van der Waals surface area contributed by atoms with Gasteiger partial charge < -0.3 is 14.3 Å².